The summed E-state index contributed by atoms with van der Waals surface area (Å²) < 4.78 is 16.4. The third-order valence-corrected chi connectivity index (χ3v) is 4.33. The van der Waals surface area contributed by atoms with Crippen LogP contribution in [-0.4, -0.2) is 35.3 Å². The summed E-state index contributed by atoms with van der Waals surface area (Å²) in [6, 6.07) is 11.8. The van der Waals surface area contributed by atoms with E-state index in [1.54, 1.807) is 13.4 Å². The van der Waals surface area contributed by atoms with Crippen LogP contribution in [0.5, 0.6) is 5.75 Å². The Morgan fingerprint density at radius 2 is 2.21 bits per heavy atom. The van der Waals surface area contributed by atoms with Gasteiger partial charge in [-0.15, -0.1) is 10.2 Å². The van der Waals surface area contributed by atoms with E-state index >= 15 is 0 Å². The molecule has 0 N–H and O–H groups in total. The van der Waals surface area contributed by atoms with Crippen molar-refractivity contribution in [2.24, 2.45) is 0 Å². The van der Waals surface area contributed by atoms with Gasteiger partial charge >= 0.3 is 0 Å². The Kier molecular flexibility index (Phi) is 4.04. The van der Waals surface area contributed by atoms with E-state index in [0.717, 1.165) is 31.8 Å². The monoisotopic (exact) mass is 325 g/mol. The van der Waals surface area contributed by atoms with Gasteiger partial charge in [-0.05, 0) is 42.8 Å². The maximum atomic E-state index is 5.78. The molecule has 0 amide bonds. The number of benzene rings is 1. The summed E-state index contributed by atoms with van der Waals surface area (Å²) in [4.78, 5) is 2.40. The zero-order valence-electron chi connectivity index (χ0n) is 13.5. The van der Waals surface area contributed by atoms with Gasteiger partial charge in [0.2, 0.25) is 5.89 Å². The van der Waals surface area contributed by atoms with Gasteiger partial charge in [0.1, 0.15) is 5.75 Å². The highest BCUT2D eigenvalue weighted by atomic mass is 16.5. The molecule has 1 saturated heterocycles. The molecule has 2 aromatic heterocycles. The van der Waals surface area contributed by atoms with E-state index in [1.807, 2.05) is 24.3 Å². The SMILES string of the molecule is COc1cccc(CN2CCC(c3nnc(-c4ccco4)o3)C2)c1. The van der Waals surface area contributed by atoms with Gasteiger partial charge in [0.15, 0.2) is 5.76 Å². The Bertz CT molecular complexity index is 797. The quantitative estimate of drug-likeness (QED) is 0.717. The van der Waals surface area contributed by atoms with Crippen LogP contribution in [-0.2, 0) is 6.54 Å². The highest BCUT2D eigenvalue weighted by molar-refractivity contribution is 5.42. The number of rotatable bonds is 5. The van der Waals surface area contributed by atoms with E-state index in [1.165, 1.54) is 5.56 Å². The average molecular weight is 325 g/mol. The molecule has 1 aromatic carbocycles. The van der Waals surface area contributed by atoms with E-state index < -0.39 is 0 Å². The van der Waals surface area contributed by atoms with Crippen molar-refractivity contribution in [1.82, 2.24) is 15.1 Å². The summed E-state index contributed by atoms with van der Waals surface area (Å²) in [6.45, 7) is 2.82. The molecule has 3 heterocycles. The molecule has 0 saturated carbocycles. The second-order valence-electron chi connectivity index (χ2n) is 5.99. The van der Waals surface area contributed by atoms with Crippen molar-refractivity contribution in [3.8, 4) is 17.4 Å². The van der Waals surface area contributed by atoms with Crippen LogP contribution in [0.4, 0.5) is 0 Å². The third kappa shape index (κ3) is 3.05. The standard InChI is InChI=1S/C18H19N3O3/c1-22-15-5-2-4-13(10-15)11-21-8-7-14(12-21)17-19-20-18(24-17)16-6-3-9-23-16/h2-6,9-10,14H,7-8,11-12H2,1H3. The first-order chi connectivity index (χ1) is 11.8. The number of hydrogen-bond acceptors (Lipinski definition) is 6. The lowest BCUT2D eigenvalue weighted by molar-refractivity contribution is 0.319. The second kappa shape index (κ2) is 6.49. The van der Waals surface area contributed by atoms with Crippen molar-refractivity contribution in [3.05, 3.63) is 54.1 Å². The first-order valence-electron chi connectivity index (χ1n) is 8.04. The smallest absolute Gasteiger partial charge is 0.283 e. The Balaban J connectivity index is 1.41. The van der Waals surface area contributed by atoms with Crippen LogP contribution in [0.2, 0.25) is 0 Å². The Hall–Kier alpha value is -2.60. The average Bonchev–Trinajstić information content (AvgIpc) is 3.35. The van der Waals surface area contributed by atoms with Crippen molar-refractivity contribution in [1.29, 1.82) is 0 Å². The molecule has 124 valence electrons. The lowest BCUT2D eigenvalue weighted by Gasteiger charge is -2.15. The fourth-order valence-electron chi connectivity index (χ4n) is 3.11. The summed E-state index contributed by atoms with van der Waals surface area (Å²) in [7, 11) is 1.69. The highest BCUT2D eigenvalue weighted by Crippen LogP contribution is 2.29. The zero-order valence-corrected chi connectivity index (χ0v) is 13.5. The molecule has 3 aromatic rings. The number of nitrogens with zero attached hydrogens (tertiary/aromatic N) is 3. The van der Waals surface area contributed by atoms with Crippen molar-refractivity contribution >= 4 is 0 Å². The van der Waals surface area contributed by atoms with E-state index in [9.17, 15) is 0 Å². The van der Waals surface area contributed by atoms with E-state index in [4.69, 9.17) is 13.6 Å². The number of ether oxygens (including phenoxy) is 1. The fourth-order valence-corrected chi connectivity index (χ4v) is 3.11. The zero-order chi connectivity index (χ0) is 16.4. The molecule has 1 atom stereocenters. The minimum absolute atomic E-state index is 0.270. The van der Waals surface area contributed by atoms with E-state index in [-0.39, 0.29) is 5.92 Å². The van der Waals surface area contributed by atoms with Gasteiger partial charge in [-0.25, -0.2) is 0 Å². The van der Waals surface area contributed by atoms with Gasteiger partial charge in [0, 0.05) is 13.1 Å². The predicted octanol–water partition coefficient (Wildman–Crippen LogP) is 3.33. The van der Waals surface area contributed by atoms with Crippen LogP contribution >= 0.6 is 0 Å². The van der Waals surface area contributed by atoms with Crippen molar-refractivity contribution in [2.45, 2.75) is 18.9 Å². The van der Waals surface area contributed by atoms with Crippen LogP contribution in [0.15, 0.2) is 51.5 Å². The maximum absolute atomic E-state index is 5.78. The van der Waals surface area contributed by atoms with Crippen molar-refractivity contribution in [3.63, 3.8) is 0 Å². The van der Waals surface area contributed by atoms with Crippen LogP contribution in [0.3, 0.4) is 0 Å². The maximum Gasteiger partial charge on any atom is 0.283 e. The van der Waals surface area contributed by atoms with Gasteiger partial charge < -0.3 is 13.6 Å². The molecule has 0 spiro atoms. The second-order valence-corrected chi connectivity index (χ2v) is 5.99. The molecular formula is C18H19N3O3. The number of likely N-dealkylation sites (tertiary alicyclic amines) is 1. The topological polar surface area (TPSA) is 64.5 Å². The fraction of sp³-hybridized carbons (Fsp3) is 0.333. The Labute approximate surface area is 140 Å². The Morgan fingerprint density at radius 3 is 3.04 bits per heavy atom. The van der Waals surface area contributed by atoms with Gasteiger partial charge in [0.05, 0.1) is 19.3 Å². The van der Waals surface area contributed by atoms with E-state index in [0.29, 0.717) is 17.5 Å². The molecule has 1 aliphatic heterocycles. The molecule has 24 heavy (non-hydrogen) atoms. The first kappa shape index (κ1) is 15.0. The lowest BCUT2D eigenvalue weighted by atomic mass is 10.1. The first-order valence-corrected chi connectivity index (χ1v) is 8.04. The van der Waals surface area contributed by atoms with E-state index in [2.05, 4.69) is 27.2 Å². The molecule has 1 aliphatic rings. The third-order valence-electron chi connectivity index (χ3n) is 4.33. The minimum Gasteiger partial charge on any atom is -0.497 e. The van der Waals surface area contributed by atoms with Crippen LogP contribution < -0.4 is 4.74 Å². The normalized spacial score (nSPS) is 18.1. The van der Waals surface area contributed by atoms with Crippen LogP contribution in [0, 0.1) is 0 Å². The highest BCUT2D eigenvalue weighted by Gasteiger charge is 2.28. The summed E-state index contributed by atoms with van der Waals surface area (Å²) >= 11 is 0. The van der Waals surface area contributed by atoms with Gasteiger partial charge in [0.25, 0.3) is 5.89 Å². The van der Waals surface area contributed by atoms with Crippen molar-refractivity contribution in [2.75, 3.05) is 20.2 Å². The molecule has 0 aliphatic carbocycles. The molecule has 0 bridgehead atoms. The van der Waals surface area contributed by atoms with Gasteiger partial charge in [-0.1, -0.05) is 12.1 Å². The predicted molar refractivity (Wildman–Crippen MR) is 87.6 cm³/mol. The van der Waals surface area contributed by atoms with Crippen LogP contribution in [0.25, 0.3) is 11.7 Å². The summed E-state index contributed by atoms with van der Waals surface area (Å²) in [5, 5.41) is 8.29. The molecule has 6 heteroatoms. The minimum atomic E-state index is 0.270. The number of furan rings is 1. The lowest BCUT2D eigenvalue weighted by Crippen LogP contribution is -2.19. The Morgan fingerprint density at radius 1 is 1.25 bits per heavy atom. The molecule has 1 unspecified atom stereocenters. The molecule has 4 rings (SSSR count). The number of methoxy groups -OCH3 is 1. The number of aromatic nitrogens is 2. The molecule has 6 nitrogen and oxygen atoms in total. The largest absolute Gasteiger partial charge is 0.497 e. The van der Waals surface area contributed by atoms with Gasteiger partial charge in [-0.3, -0.25) is 4.90 Å². The number of hydrogen-bond donors (Lipinski definition) is 0. The van der Waals surface area contributed by atoms with Gasteiger partial charge in [-0.2, -0.15) is 0 Å². The summed E-state index contributed by atoms with van der Waals surface area (Å²) in [5.74, 6) is 2.91. The van der Waals surface area contributed by atoms with Crippen molar-refractivity contribution < 1.29 is 13.6 Å². The van der Waals surface area contributed by atoms with Crippen LogP contribution in [0.1, 0.15) is 23.8 Å². The molecule has 1 fully saturated rings. The summed E-state index contributed by atoms with van der Waals surface area (Å²) in [5.41, 5.74) is 1.25. The molecular weight excluding hydrogens is 306 g/mol. The molecule has 0 radical (unpaired) electrons. The summed E-state index contributed by atoms with van der Waals surface area (Å²) in [6.07, 6.45) is 2.62.